The van der Waals surface area contributed by atoms with Crippen LogP contribution in [0.25, 0.3) is 0 Å². The lowest BCUT2D eigenvalue weighted by Crippen LogP contribution is -2.04. The van der Waals surface area contributed by atoms with E-state index in [4.69, 9.17) is 0 Å². The molecule has 7 heteroatoms. The maximum absolute atomic E-state index is 12.7. The summed E-state index contributed by atoms with van der Waals surface area (Å²) in [6.07, 6.45) is -2.78. The summed E-state index contributed by atoms with van der Waals surface area (Å²) in [4.78, 5) is 9.76. The molecule has 0 aliphatic heterocycles. The number of alkyl halides is 2. The molecule has 0 aromatic heterocycles. The van der Waals surface area contributed by atoms with Crippen LogP contribution in [0.1, 0.15) is 12.0 Å². The van der Waals surface area contributed by atoms with Gasteiger partial charge in [-0.2, -0.15) is 0 Å². The number of nitrogens with zero attached hydrogens (tertiary/aromatic N) is 1. The molecule has 0 amide bonds. The normalized spacial score (nSPS) is 10.4. The molecule has 0 saturated heterocycles. The van der Waals surface area contributed by atoms with Gasteiger partial charge in [0.05, 0.1) is 4.92 Å². The van der Waals surface area contributed by atoms with E-state index in [1.54, 1.807) is 0 Å². The zero-order valence-electron chi connectivity index (χ0n) is 8.62. The molecule has 0 radical (unpaired) electrons. The molecule has 1 N–H and O–H groups in total. The lowest BCUT2D eigenvalue weighted by atomic mass is 10.1. The topological polar surface area (TPSA) is 55.2 Å². The molecule has 1 aromatic rings. The minimum Gasteiger partial charge on any atom is -0.380 e. The van der Waals surface area contributed by atoms with Crippen molar-refractivity contribution < 1.29 is 13.7 Å². The fraction of sp³-hybridized carbons (Fsp3) is 0.200. The van der Waals surface area contributed by atoms with Crippen LogP contribution in [0.3, 0.4) is 0 Å². The molecule has 0 atom stereocenters. The summed E-state index contributed by atoms with van der Waals surface area (Å²) in [6, 6.07) is 3.30. The molecule has 17 heavy (non-hydrogen) atoms. The van der Waals surface area contributed by atoms with Crippen molar-refractivity contribution in [2.24, 2.45) is 0 Å². The van der Waals surface area contributed by atoms with Gasteiger partial charge in [0.25, 0.3) is 12.1 Å². The quantitative estimate of drug-likeness (QED) is 0.664. The SMILES string of the molecule is C=C(Br)CNc1ccc([N+](=O)[O-])cc1C(F)F. The molecule has 0 unspecified atom stereocenters. The van der Waals surface area contributed by atoms with Gasteiger partial charge in [0.15, 0.2) is 0 Å². The molecular weight excluding hydrogens is 298 g/mol. The first-order valence-electron chi connectivity index (χ1n) is 4.55. The van der Waals surface area contributed by atoms with Gasteiger partial charge < -0.3 is 5.32 Å². The number of benzene rings is 1. The van der Waals surface area contributed by atoms with Gasteiger partial charge >= 0.3 is 0 Å². The molecule has 1 aromatic carbocycles. The summed E-state index contributed by atoms with van der Waals surface area (Å²) in [5, 5.41) is 13.2. The molecule has 92 valence electrons. The van der Waals surface area contributed by atoms with E-state index in [0.29, 0.717) is 4.48 Å². The van der Waals surface area contributed by atoms with E-state index in [-0.39, 0.29) is 17.9 Å². The molecule has 0 fully saturated rings. The maximum Gasteiger partial charge on any atom is 0.270 e. The van der Waals surface area contributed by atoms with Gasteiger partial charge in [-0.1, -0.05) is 22.5 Å². The highest BCUT2D eigenvalue weighted by Gasteiger charge is 2.17. The third-order valence-electron chi connectivity index (χ3n) is 1.95. The first-order chi connectivity index (χ1) is 7.91. The van der Waals surface area contributed by atoms with Crippen LogP contribution >= 0.6 is 15.9 Å². The van der Waals surface area contributed by atoms with E-state index >= 15 is 0 Å². The third kappa shape index (κ3) is 3.77. The Balaban J connectivity index is 3.04. The Kier molecular flexibility index (Phi) is 4.56. The Hall–Kier alpha value is -1.50. The van der Waals surface area contributed by atoms with Crippen molar-refractivity contribution in [1.82, 2.24) is 0 Å². The smallest absolute Gasteiger partial charge is 0.270 e. The van der Waals surface area contributed by atoms with Crippen molar-refractivity contribution >= 4 is 27.3 Å². The van der Waals surface area contributed by atoms with Crippen molar-refractivity contribution in [2.45, 2.75) is 6.43 Å². The van der Waals surface area contributed by atoms with Crippen molar-refractivity contribution in [3.63, 3.8) is 0 Å². The molecule has 4 nitrogen and oxygen atoms in total. The first kappa shape index (κ1) is 13.6. The average molecular weight is 307 g/mol. The Bertz CT molecular complexity index is 452. The summed E-state index contributed by atoms with van der Waals surface area (Å²) in [5.41, 5.74) is -0.595. The van der Waals surface area contributed by atoms with Gasteiger partial charge in [-0.05, 0) is 6.07 Å². The number of halogens is 3. The van der Waals surface area contributed by atoms with Crippen LogP contribution in [0.4, 0.5) is 20.2 Å². The monoisotopic (exact) mass is 306 g/mol. The second kappa shape index (κ2) is 5.72. The van der Waals surface area contributed by atoms with Gasteiger partial charge in [0.1, 0.15) is 0 Å². The van der Waals surface area contributed by atoms with Gasteiger partial charge in [-0.15, -0.1) is 0 Å². The fourth-order valence-electron chi connectivity index (χ4n) is 1.20. The molecular formula is C10H9BrF2N2O2. The fourth-order valence-corrected chi connectivity index (χ4v) is 1.34. The van der Waals surface area contributed by atoms with Gasteiger partial charge in [0, 0.05) is 34.4 Å². The van der Waals surface area contributed by atoms with Crippen molar-refractivity contribution in [2.75, 3.05) is 11.9 Å². The number of hydrogen-bond donors (Lipinski definition) is 1. The Morgan fingerprint density at radius 2 is 2.24 bits per heavy atom. The highest BCUT2D eigenvalue weighted by atomic mass is 79.9. The van der Waals surface area contributed by atoms with Crippen molar-refractivity contribution in [3.05, 3.63) is 44.9 Å². The van der Waals surface area contributed by atoms with Crippen LogP contribution in [0.15, 0.2) is 29.3 Å². The summed E-state index contributed by atoms with van der Waals surface area (Å²) >= 11 is 3.08. The largest absolute Gasteiger partial charge is 0.380 e. The lowest BCUT2D eigenvalue weighted by molar-refractivity contribution is -0.385. The van der Waals surface area contributed by atoms with E-state index in [2.05, 4.69) is 27.8 Å². The summed E-state index contributed by atoms with van der Waals surface area (Å²) < 4.78 is 26.0. The third-order valence-corrected chi connectivity index (χ3v) is 2.23. The molecule has 0 aliphatic carbocycles. The van der Waals surface area contributed by atoms with E-state index < -0.39 is 16.9 Å². The van der Waals surface area contributed by atoms with E-state index in [9.17, 15) is 18.9 Å². The van der Waals surface area contributed by atoms with E-state index in [0.717, 1.165) is 6.07 Å². The van der Waals surface area contributed by atoms with E-state index in [1.165, 1.54) is 12.1 Å². The number of rotatable bonds is 5. The standard InChI is InChI=1S/C10H9BrF2N2O2/c1-6(11)5-14-9-3-2-7(15(16)17)4-8(9)10(12)13/h2-4,10,14H,1,5H2. The van der Waals surface area contributed by atoms with Crippen LogP contribution in [0.5, 0.6) is 0 Å². The number of non-ortho nitro benzene ring substituents is 1. The average Bonchev–Trinajstić information content (AvgIpc) is 2.25. The zero-order valence-corrected chi connectivity index (χ0v) is 10.2. The maximum atomic E-state index is 12.7. The molecule has 0 bridgehead atoms. The lowest BCUT2D eigenvalue weighted by Gasteiger charge is -2.10. The number of anilines is 1. The van der Waals surface area contributed by atoms with Crippen molar-refractivity contribution in [1.29, 1.82) is 0 Å². The summed E-state index contributed by atoms with van der Waals surface area (Å²) in [5.74, 6) is 0. The number of nitro groups is 1. The predicted octanol–water partition coefficient (Wildman–Crippen LogP) is 3.85. The second-order valence-corrected chi connectivity index (χ2v) is 4.32. The summed E-state index contributed by atoms with van der Waals surface area (Å²) in [6.45, 7) is 3.81. The van der Waals surface area contributed by atoms with Crippen molar-refractivity contribution in [3.8, 4) is 0 Å². The van der Waals surface area contributed by atoms with Crippen LogP contribution in [0, 0.1) is 10.1 Å². The Labute approximate surface area is 105 Å². The summed E-state index contributed by atoms with van der Waals surface area (Å²) in [7, 11) is 0. The highest BCUT2D eigenvalue weighted by Crippen LogP contribution is 2.30. The molecule has 0 aliphatic rings. The van der Waals surface area contributed by atoms with Crippen LogP contribution in [0.2, 0.25) is 0 Å². The number of nitro benzene ring substituents is 1. The molecule has 0 heterocycles. The van der Waals surface area contributed by atoms with Crippen LogP contribution < -0.4 is 5.32 Å². The van der Waals surface area contributed by atoms with E-state index in [1.807, 2.05) is 0 Å². The minimum atomic E-state index is -2.78. The minimum absolute atomic E-state index is 0.159. The predicted molar refractivity (Wildman–Crippen MR) is 64.6 cm³/mol. The number of nitrogens with one attached hydrogen (secondary N) is 1. The van der Waals surface area contributed by atoms with Gasteiger partial charge in [0.2, 0.25) is 0 Å². The number of hydrogen-bond acceptors (Lipinski definition) is 3. The van der Waals surface area contributed by atoms with Gasteiger partial charge in [-0.25, -0.2) is 8.78 Å². The van der Waals surface area contributed by atoms with Crippen LogP contribution in [-0.2, 0) is 0 Å². The molecule has 0 saturated carbocycles. The molecule has 0 spiro atoms. The molecule has 1 rings (SSSR count). The zero-order chi connectivity index (χ0) is 13.0. The van der Waals surface area contributed by atoms with Crippen LogP contribution in [-0.4, -0.2) is 11.5 Å². The Morgan fingerprint density at radius 1 is 1.59 bits per heavy atom. The first-order valence-corrected chi connectivity index (χ1v) is 5.34. The van der Waals surface area contributed by atoms with Gasteiger partial charge in [-0.3, -0.25) is 10.1 Å². The Morgan fingerprint density at radius 3 is 2.71 bits per heavy atom. The second-order valence-electron chi connectivity index (χ2n) is 3.20. The highest BCUT2D eigenvalue weighted by molar-refractivity contribution is 9.11.